The van der Waals surface area contributed by atoms with Gasteiger partial charge in [-0.05, 0) is 30.2 Å². The van der Waals surface area contributed by atoms with Gasteiger partial charge in [-0.25, -0.2) is 9.37 Å². The fraction of sp³-hybridized carbons (Fsp3) is 0.308. The molecule has 0 bridgehead atoms. The molecule has 1 unspecified atom stereocenters. The number of rotatable bonds is 5. The summed E-state index contributed by atoms with van der Waals surface area (Å²) in [5.74, 6) is 6.18. The van der Waals surface area contributed by atoms with Crippen LogP contribution in [0.25, 0.3) is 0 Å². The molecule has 0 aliphatic rings. The van der Waals surface area contributed by atoms with Crippen molar-refractivity contribution in [1.29, 1.82) is 0 Å². The largest absolute Gasteiger partial charge is 0.398 e. The van der Waals surface area contributed by atoms with E-state index in [1.807, 2.05) is 17.8 Å². The minimum Gasteiger partial charge on any atom is -0.398 e. The summed E-state index contributed by atoms with van der Waals surface area (Å²) in [5, 5.41) is 0. The van der Waals surface area contributed by atoms with E-state index < -0.39 is 0 Å². The number of aromatic nitrogens is 2. The smallest absolute Gasteiger partial charge is 0.123 e. The number of hydrazine groups is 1. The zero-order valence-electron chi connectivity index (χ0n) is 10.8. The first kappa shape index (κ1) is 13.5. The van der Waals surface area contributed by atoms with Crippen LogP contribution in [0.2, 0.25) is 0 Å². The molecule has 0 aliphatic heterocycles. The summed E-state index contributed by atoms with van der Waals surface area (Å²) in [4.78, 5) is 4.24. The van der Waals surface area contributed by atoms with Crippen LogP contribution in [0.5, 0.6) is 0 Å². The molecule has 2 aromatic rings. The van der Waals surface area contributed by atoms with E-state index in [0.717, 1.165) is 12.2 Å². The molecule has 1 heterocycles. The third kappa shape index (κ3) is 3.10. The molecule has 102 valence electrons. The minimum atomic E-state index is -0.318. The maximum Gasteiger partial charge on any atom is 0.123 e. The maximum atomic E-state index is 13.3. The second kappa shape index (κ2) is 5.81. The molecule has 5 N–H and O–H groups in total. The zero-order chi connectivity index (χ0) is 13.8. The number of hydrogen-bond donors (Lipinski definition) is 3. The number of halogens is 1. The summed E-state index contributed by atoms with van der Waals surface area (Å²) >= 11 is 0. The number of imidazole rings is 1. The van der Waals surface area contributed by atoms with E-state index >= 15 is 0 Å². The van der Waals surface area contributed by atoms with Gasteiger partial charge in [-0.2, -0.15) is 0 Å². The SMILES string of the molecule is Cn1ccnc1CCC(NN)c1cc(F)ccc1N. The fourth-order valence-corrected chi connectivity index (χ4v) is 2.09. The average molecular weight is 263 g/mol. The summed E-state index contributed by atoms with van der Waals surface area (Å²) in [6.07, 6.45) is 5.05. The molecule has 19 heavy (non-hydrogen) atoms. The number of nitrogens with one attached hydrogen (secondary N) is 1. The molecule has 0 aliphatic carbocycles. The predicted octanol–water partition coefficient (Wildman–Crippen LogP) is 1.28. The van der Waals surface area contributed by atoms with Crippen molar-refractivity contribution in [3.8, 4) is 0 Å². The number of aryl methyl sites for hydroxylation is 2. The van der Waals surface area contributed by atoms with Crippen molar-refractivity contribution in [1.82, 2.24) is 15.0 Å². The molecule has 1 atom stereocenters. The Morgan fingerprint density at radius 1 is 1.47 bits per heavy atom. The van der Waals surface area contributed by atoms with Gasteiger partial charge in [-0.1, -0.05) is 0 Å². The van der Waals surface area contributed by atoms with Gasteiger partial charge in [0.15, 0.2) is 0 Å². The number of benzene rings is 1. The maximum absolute atomic E-state index is 13.3. The summed E-state index contributed by atoms with van der Waals surface area (Å²) in [7, 11) is 1.93. The van der Waals surface area contributed by atoms with Crippen molar-refractivity contribution >= 4 is 5.69 Å². The number of nitrogens with two attached hydrogens (primary N) is 2. The highest BCUT2D eigenvalue weighted by Crippen LogP contribution is 2.24. The van der Waals surface area contributed by atoms with Crippen molar-refractivity contribution in [2.24, 2.45) is 12.9 Å². The summed E-state index contributed by atoms with van der Waals surface area (Å²) in [6.45, 7) is 0. The predicted molar refractivity (Wildman–Crippen MR) is 72.4 cm³/mol. The van der Waals surface area contributed by atoms with Gasteiger partial charge in [-0.15, -0.1) is 0 Å². The van der Waals surface area contributed by atoms with E-state index in [2.05, 4.69) is 10.4 Å². The lowest BCUT2D eigenvalue weighted by Gasteiger charge is -2.18. The Morgan fingerprint density at radius 2 is 2.26 bits per heavy atom. The van der Waals surface area contributed by atoms with Gasteiger partial charge in [0.25, 0.3) is 0 Å². The van der Waals surface area contributed by atoms with Crippen LogP contribution in [-0.2, 0) is 13.5 Å². The van der Waals surface area contributed by atoms with Crippen molar-refractivity contribution in [3.63, 3.8) is 0 Å². The van der Waals surface area contributed by atoms with Gasteiger partial charge in [0.1, 0.15) is 11.6 Å². The first-order valence-corrected chi connectivity index (χ1v) is 6.09. The van der Waals surface area contributed by atoms with Crippen LogP contribution in [0.3, 0.4) is 0 Å². The Bertz CT molecular complexity index is 552. The molecule has 0 radical (unpaired) electrons. The highest BCUT2D eigenvalue weighted by Gasteiger charge is 2.14. The van der Waals surface area contributed by atoms with Crippen LogP contribution in [-0.4, -0.2) is 9.55 Å². The topological polar surface area (TPSA) is 81.9 Å². The summed E-state index contributed by atoms with van der Waals surface area (Å²) in [6, 6.07) is 4.10. The van der Waals surface area contributed by atoms with E-state index in [4.69, 9.17) is 11.6 Å². The lowest BCUT2D eigenvalue weighted by molar-refractivity contribution is 0.504. The monoisotopic (exact) mass is 263 g/mol. The van der Waals surface area contributed by atoms with Crippen molar-refractivity contribution in [3.05, 3.63) is 47.8 Å². The molecule has 5 nitrogen and oxygen atoms in total. The molecule has 0 spiro atoms. The molecule has 6 heteroatoms. The lowest BCUT2D eigenvalue weighted by Crippen LogP contribution is -2.29. The van der Waals surface area contributed by atoms with Crippen LogP contribution in [0, 0.1) is 5.82 Å². The van der Waals surface area contributed by atoms with Crippen LogP contribution in [0.1, 0.15) is 23.9 Å². The zero-order valence-corrected chi connectivity index (χ0v) is 10.8. The van der Waals surface area contributed by atoms with E-state index in [1.165, 1.54) is 12.1 Å². The Kier molecular flexibility index (Phi) is 4.13. The summed E-state index contributed by atoms with van der Waals surface area (Å²) < 4.78 is 15.2. The minimum absolute atomic E-state index is 0.201. The van der Waals surface area contributed by atoms with E-state index in [1.54, 1.807) is 12.3 Å². The van der Waals surface area contributed by atoms with Gasteiger partial charge in [0.2, 0.25) is 0 Å². The van der Waals surface area contributed by atoms with Gasteiger partial charge in [-0.3, -0.25) is 11.3 Å². The Morgan fingerprint density at radius 3 is 2.89 bits per heavy atom. The summed E-state index contributed by atoms with van der Waals surface area (Å²) in [5.41, 5.74) is 9.76. The molecular formula is C13H18FN5. The van der Waals surface area contributed by atoms with E-state index in [0.29, 0.717) is 17.7 Å². The van der Waals surface area contributed by atoms with E-state index in [9.17, 15) is 4.39 Å². The Labute approximate surface area is 111 Å². The van der Waals surface area contributed by atoms with Crippen LogP contribution in [0.15, 0.2) is 30.6 Å². The van der Waals surface area contributed by atoms with Crippen LogP contribution in [0.4, 0.5) is 10.1 Å². The molecule has 1 aromatic heterocycles. The third-order valence-electron chi connectivity index (χ3n) is 3.20. The highest BCUT2D eigenvalue weighted by atomic mass is 19.1. The Balaban J connectivity index is 2.12. The van der Waals surface area contributed by atoms with Gasteiger partial charge >= 0.3 is 0 Å². The first-order chi connectivity index (χ1) is 9.11. The molecular weight excluding hydrogens is 245 g/mol. The second-order valence-electron chi connectivity index (χ2n) is 4.49. The van der Waals surface area contributed by atoms with Gasteiger partial charge in [0.05, 0.1) is 0 Å². The lowest BCUT2D eigenvalue weighted by atomic mass is 10.0. The Hall–Kier alpha value is -1.92. The second-order valence-corrected chi connectivity index (χ2v) is 4.49. The molecule has 1 aromatic carbocycles. The fourth-order valence-electron chi connectivity index (χ4n) is 2.09. The third-order valence-corrected chi connectivity index (χ3v) is 3.20. The van der Waals surface area contributed by atoms with Crippen molar-refractivity contribution in [2.75, 3.05) is 5.73 Å². The first-order valence-electron chi connectivity index (χ1n) is 6.09. The number of hydrogen-bond acceptors (Lipinski definition) is 4. The number of nitrogens with zero attached hydrogens (tertiary/aromatic N) is 2. The molecule has 2 rings (SSSR count). The normalized spacial score (nSPS) is 12.6. The highest BCUT2D eigenvalue weighted by molar-refractivity contribution is 5.48. The van der Waals surface area contributed by atoms with Gasteiger partial charge < -0.3 is 10.3 Å². The quantitative estimate of drug-likeness (QED) is 0.431. The number of anilines is 1. The molecule has 0 amide bonds. The standard InChI is InChI=1S/C13H18FN5/c1-19-7-6-17-13(19)5-4-12(18-16)10-8-9(14)2-3-11(10)15/h2-3,6-8,12,18H,4-5,15-16H2,1H3. The number of nitrogen functional groups attached to an aromatic ring is 1. The van der Waals surface area contributed by atoms with Crippen molar-refractivity contribution in [2.45, 2.75) is 18.9 Å². The molecule has 0 fully saturated rings. The molecule has 0 saturated carbocycles. The molecule has 0 saturated heterocycles. The van der Waals surface area contributed by atoms with Crippen molar-refractivity contribution < 1.29 is 4.39 Å². The van der Waals surface area contributed by atoms with Crippen LogP contribution >= 0.6 is 0 Å². The van der Waals surface area contributed by atoms with Gasteiger partial charge in [0, 0.05) is 37.6 Å². The average Bonchev–Trinajstić information content (AvgIpc) is 2.80. The van der Waals surface area contributed by atoms with E-state index in [-0.39, 0.29) is 11.9 Å². The van der Waals surface area contributed by atoms with Crippen LogP contribution < -0.4 is 17.0 Å².